The fourth-order valence-corrected chi connectivity index (χ4v) is 2.46. The molecule has 20 heavy (non-hydrogen) atoms. The van der Waals surface area contributed by atoms with Gasteiger partial charge in [-0.15, -0.1) is 0 Å². The summed E-state index contributed by atoms with van der Waals surface area (Å²) in [6.07, 6.45) is 2.18. The fourth-order valence-electron chi connectivity index (χ4n) is 1.51. The molecule has 1 rings (SSSR count). The van der Waals surface area contributed by atoms with Gasteiger partial charge in [0.1, 0.15) is 0 Å². The molecule has 0 bridgehead atoms. The van der Waals surface area contributed by atoms with E-state index in [0.29, 0.717) is 18.1 Å². The lowest BCUT2D eigenvalue weighted by molar-refractivity contribution is 0.398. The average Bonchev–Trinajstić information content (AvgIpc) is 2.43. The second-order valence-electron chi connectivity index (χ2n) is 4.22. The Kier molecular flexibility index (Phi) is 6.69. The van der Waals surface area contributed by atoms with E-state index in [-0.39, 0.29) is 0 Å². The highest BCUT2D eigenvalue weighted by atomic mass is 32.2. The normalized spacial score (nSPS) is 11.6. The third-order valence-electron chi connectivity index (χ3n) is 2.68. The summed E-state index contributed by atoms with van der Waals surface area (Å²) < 4.78 is 32.8. The van der Waals surface area contributed by atoms with Gasteiger partial charge in [-0.25, -0.2) is 4.98 Å². The number of anilines is 1. The quantitative estimate of drug-likeness (QED) is 0.655. The summed E-state index contributed by atoms with van der Waals surface area (Å²) in [4.78, 5) is 3.95. The van der Waals surface area contributed by atoms with Crippen molar-refractivity contribution in [2.24, 2.45) is 0 Å². The van der Waals surface area contributed by atoms with Crippen molar-refractivity contribution in [1.82, 2.24) is 14.6 Å². The maximum Gasteiger partial charge on any atom is 0.301 e. The summed E-state index contributed by atoms with van der Waals surface area (Å²) in [7, 11) is -0.494. The van der Waals surface area contributed by atoms with Gasteiger partial charge < -0.3 is 10.1 Å². The van der Waals surface area contributed by atoms with Gasteiger partial charge in [0.15, 0.2) is 0 Å². The molecule has 2 N–H and O–H groups in total. The standard InChI is InChI=1S/C12H22N4O3S/c1-4-13-8-5-9-16(2)20(17,18)15-11-6-7-12(19-3)14-10-11/h6-7,10,13,15H,4-5,8-9H2,1-3H3. The zero-order valence-corrected chi connectivity index (χ0v) is 12.9. The lowest BCUT2D eigenvalue weighted by Gasteiger charge is -2.18. The number of aromatic nitrogens is 1. The van der Waals surface area contributed by atoms with Crippen LogP contribution in [0.3, 0.4) is 0 Å². The molecule has 0 spiro atoms. The number of rotatable bonds is 9. The summed E-state index contributed by atoms with van der Waals surface area (Å²) in [5, 5.41) is 3.15. The number of methoxy groups -OCH3 is 1. The molecule has 1 heterocycles. The van der Waals surface area contributed by atoms with Crippen molar-refractivity contribution in [3.8, 4) is 5.88 Å². The van der Waals surface area contributed by atoms with Crippen LogP contribution in [-0.2, 0) is 10.2 Å². The van der Waals surface area contributed by atoms with Crippen molar-refractivity contribution in [3.63, 3.8) is 0 Å². The minimum atomic E-state index is -3.55. The highest BCUT2D eigenvalue weighted by molar-refractivity contribution is 7.90. The number of nitrogens with one attached hydrogen (secondary N) is 2. The van der Waals surface area contributed by atoms with Crippen molar-refractivity contribution < 1.29 is 13.2 Å². The Balaban J connectivity index is 2.54. The zero-order valence-electron chi connectivity index (χ0n) is 12.1. The minimum absolute atomic E-state index is 0.407. The summed E-state index contributed by atoms with van der Waals surface area (Å²) in [5.41, 5.74) is 0.407. The Bertz CT molecular complexity index is 490. The molecule has 7 nitrogen and oxygen atoms in total. The zero-order chi connectivity index (χ0) is 15.0. The summed E-state index contributed by atoms with van der Waals surface area (Å²) in [6.45, 7) is 4.14. The molecule has 0 atom stereocenters. The summed E-state index contributed by atoms with van der Waals surface area (Å²) >= 11 is 0. The van der Waals surface area contributed by atoms with E-state index in [1.807, 2.05) is 6.92 Å². The first-order valence-electron chi connectivity index (χ1n) is 6.44. The van der Waals surface area contributed by atoms with Crippen molar-refractivity contribution >= 4 is 15.9 Å². The van der Waals surface area contributed by atoms with Crippen LogP contribution in [0.15, 0.2) is 18.3 Å². The molecule has 0 amide bonds. The maximum absolute atomic E-state index is 12.1. The van der Waals surface area contributed by atoms with Gasteiger partial charge in [-0.2, -0.15) is 12.7 Å². The Morgan fingerprint density at radius 3 is 2.70 bits per heavy atom. The molecule has 8 heteroatoms. The number of nitrogens with zero attached hydrogens (tertiary/aromatic N) is 2. The molecule has 114 valence electrons. The molecule has 0 aliphatic rings. The van der Waals surface area contributed by atoms with Gasteiger partial charge in [-0.05, 0) is 25.6 Å². The molecular formula is C12H22N4O3S. The molecule has 0 radical (unpaired) electrons. The van der Waals surface area contributed by atoms with Crippen molar-refractivity contribution in [2.75, 3.05) is 38.5 Å². The predicted octanol–water partition coefficient (Wildman–Crippen LogP) is 0.678. The van der Waals surface area contributed by atoms with Gasteiger partial charge in [0, 0.05) is 19.7 Å². The Morgan fingerprint density at radius 1 is 1.40 bits per heavy atom. The lowest BCUT2D eigenvalue weighted by atomic mass is 10.4. The molecule has 0 aromatic carbocycles. The van der Waals surface area contributed by atoms with Crippen LogP contribution in [-0.4, -0.2) is 51.5 Å². The smallest absolute Gasteiger partial charge is 0.301 e. The lowest BCUT2D eigenvalue weighted by Crippen LogP contribution is -2.34. The third-order valence-corrected chi connectivity index (χ3v) is 4.18. The van der Waals surface area contributed by atoms with Gasteiger partial charge in [-0.1, -0.05) is 6.92 Å². The molecule has 0 saturated carbocycles. The van der Waals surface area contributed by atoms with Gasteiger partial charge in [-0.3, -0.25) is 4.72 Å². The van der Waals surface area contributed by atoms with Crippen LogP contribution in [0.1, 0.15) is 13.3 Å². The van der Waals surface area contributed by atoms with Crippen LogP contribution >= 0.6 is 0 Å². The number of hydrogen-bond donors (Lipinski definition) is 2. The van der Waals surface area contributed by atoms with Crippen LogP contribution in [0, 0.1) is 0 Å². The van der Waals surface area contributed by atoms with Crippen LogP contribution in [0.5, 0.6) is 5.88 Å². The predicted molar refractivity (Wildman–Crippen MR) is 79.1 cm³/mol. The molecule has 0 saturated heterocycles. The van der Waals surface area contributed by atoms with Crippen molar-refractivity contribution in [2.45, 2.75) is 13.3 Å². The van der Waals surface area contributed by atoms with E-state index < -0.39 is 10.2 Å². The third kappa shape index (κ3) is 5.32. The van der Waals surface area contributed by atoms with Crippen LogP contribution in [0.4, 0.5) is 5.69 Å². The SMILES string of the molecule is CCNCCCN(C)S(=O)(=O)Nc1ccc(OC)nc1. The minimum Gasteiger partial charge on any atom is -0.481 e. The molecular weight excluding hydrogens is 280 g/mol. The molecule has 0 aliphatic heterocycles. The van der Waals surface area contributed by atoms with E-state index in [0.717, 1.165) is 19.5 Å². The first-order valence-corrected chi connectivity index (χ1v) is 7.88. The van der Waals surface area contributed by atoms with Crippen LogP contribution < -0.4 is 14.8 Å². The highest BCUT2D eigenvalue weighted by Crippen LogP contribution is 2.13. The Labute approximate surface area is 120 Å². The Hall–Kier alpha value is -1.38. The fraction of sp³-hybridized carbons (Fsp3) is 0.583. The van der Waals surface area contributed by atoms with Crippen LogP contribution in [0.25, 0.3) is 0 Å². The number of ether oxygens (including phenoxy) is 1. The van der Waals surface area contributed by atoms with Crippen LogP contribution in [0.2, 0.25) is 0 Å². The van der Waals surface area contributed by atoms with E-state index in [1.54, 1.807) is 19.2 Å². The van der Waals surface area contributed by atoms with E-state index in [1.165, 1.54) is 17.6 Å². The highest BCUT2D eigenvalue weighted by Gasteiger charge is 2.17. The van der Waals surface area contributed by atoms with Crippen molar-refractivity contribution in [1.29, 1.82) is 0 Å². The van der Waals surface area contributed by atoms with E-state index in [9.17, 15) is 8.42 Å². The van der Waals surface area contributed by atoms with E-state index >= 15 is 0 Å². The van der Waals surface area contributed by atoms with E-state index in [4.69, 9.17) is 4.74 Å². The largest absolute Gasteiger partial charge is 0.481 e. The molecule has 0 unspecified atom stereocenters. The van der Waals surface area contributed by atoms with Gasteiger partial charge in [0.25, 0.3) is 0 Å². The van der Waals surface area contributed by atoms with E-state index in [2.05, 4.69) is 15.0 Å². The van der Waals surface area contributed by atoms with Gasteiger partial charge >= 0.3 is 10.2 Å². The average molecular weight is 302 g/mol. The molecule has 1 aromatic rings. The van der Waals surface area contributed by atoms with Gasteiger partial charge in [0.2, 0.25) is 5.88 Å². The van der Waals surface area contributed by atoms with Crippen molar-refractivity contribution in [3.05, 3.63) is 18.3 Å². The Morgan fingerprint density at radius 2 is 2.15 bits per heavy atom. The first kappa shape index (κ1) is 16.7. The number of pyridine rings is 1. The second kappa shape index (κ2) is 8.03. The summed E-state index contributed by atoms with van der Waals surface area (Å²) in [5.74, 6) is 0.437. The van der Waals surface area contributed by atoms with Gasteiger partial charge in [0.05, 0.1) is 19.0 Å². The maximum atomic E-state index is 12.1. The molecule has 0 aliphatic carbocycles. The number of hydrogen-bond acceptors (Lipinski definition) is 5. The first-order chi connectivity index (χ1) is 9.49. The molecule has 0 fully saturated rings. The molecule has 1 aromatic heterocycles. The second-order valence-corrected chi connectivity index (χ2v) is 6.00. The summed E-state index contributed by atoms with van der Waals surface area (Å²) in [6, 6.07) is 3.21. The topological polar surface area (TPSA) is 83.6 Å². The monoisotopic (exact) mass is 302 g/mol.